The minimum absolute atomic E-state index is 0.106. The Bertz CT molecular complexity index is 1220. The van der Waals surface area contributed by atoms with Crippen molar-refractivity contribution >= 4 is 46.1 Å². The van der Waals surface area contributed by atoms with E-state index in [0.29, 0.717) is 14.8 Å². The van der Waals surface area contributed by atoms with Crippen molar-refractivity contribution in [2.75, 3.05) is 18.0 Å². The third-order valence-electron chi connectivity index (χ3n) is 6.14. The van der Waals surface area contributed by atoms with Crippen LogP contribution in [-0.4, -0.2) is 32.8 Å². The number of benzene rings is 1. The van der Waals surface area contributed by atoms with Crippen molar-refractivity contribution < 1.29 is 4.79 Å². The van der Waals surface area contributed by atoms with Crippen molar-refractivity contribution in [1.29, 1.82) is 5.26 Å². The van der Waals surface area contributed by atoms with Gasteiger partial charge in [0.25, 0.3) is 11.5 Å². The molecule has 164 valence electrons. The number of hydrogen-bond donors (Lipinski definition) is 0. The highest BCUT2D eigenvalue weighted by Crippen LogP contribution is 2.39. The summed E-state index contributed by atoms with van der Waals surface area (Å²) in [6.07, 6.45) is 3.90. The maximum absolute atomic E-state index is 13.4. The zero-order chi connectivity index (χ0) is 23.0. The molecule has 4 rings (SSSR count). The Labute approximate surface area is 197 Å². The maximum Gasteiger partial charge on any atom is 0.270 e. The molecule has 1 unspecified atom stereocenters. The molecule has 6 nitrogen and oxygen atoms in total. The Morgan fingerprint density at radius 2 is 1.84 bits per heavy atom. The van der Waals surface area contributed by atoms with Crippen LogP contribution in [-0.2, 0) is 11.8 Å². The van der Waals surface area contributed by atoms with Gasteiger partial charge in [-0.2, -0.15) is 5.26 Å². The third-order valence-corrected chi connectivity index (χ3v) is 7.47. The first kappa shape index (κ1) is 22.3. The van der Waals surface area contributed by atoms with Crippen LogP contribution in [0.2, 0.25) is 0 Å². The standard InChI is InChI=1S/C24H24N4O2S2/c1-15-18(21(27-11-7-8-12-27)26(3)22(29)19(15)14-25)13-20-23(30)28(24(31)32-20)16(2)17-9-5-4-6-10-17/h4-6,9-10,13,16H,7-8,11-12H2,1-3H3/b20-13-. The third kappa shape index (κ3) is 3.76. The van der Waals surface area contributed by atoms with E-state index in [4.69, 9.17) is 12.2 Å². The fourth-order valence-corrected chi connectivity index (χ4v) is 5.75. The average molecular weight is 465 g/mol. The van der Waals surface area contributed by atoms with Crippen molar-refractivity contribution in [3.8, 4) is 6.07 Å². The molecule has 2 aliphatic rings. The molecule has 0 aliphatic carbocycles. The number of amides is 1. The van der Waals surface area contributed by atoms with Crippen molar-refractivity contribution in [3.63, 3.8) is 0 Å². The second-order valence-electron chi connectivity index (χ2n) is 8.05. The highest BCUT2D eigenvalue weighted by molar-refractivity contribution is 8.26. The Hall–Kier alpha value is -2.89. The molecule has 0 N–H and O–H groups in total. The fraction of sp³-hybridized carbons (Fsp3) is 0.333. The summed E-state index contributed by atoms with van der Waals surface area (Å²) in [6, 6.07) is 11.6. The molecule has 0 bridgehead atoms. The van der Waals surface area contributed by atoms with Crippen LogP contribution in [0.4, 0.5) is 5.82 Å². The quantitative estimate of drug-likeness (QED) is 0.501. The number of hydrogen-bond acceptors (Lipinski definition) is 6. The lowest BCUT2D eigenvalue weighted by molar-refractivity contribution is -0.123. The molecule has 1 aromatic heterocycles. The van der Waals surface area contributed by atoms with Gasteiger partial charge in [-0.15, -0.1) is 0 Å². The summed E-state index contributed by atoms with van der Waals surface area (Å²) in [5.41, 5.74) is 2.13. The number of pyridine rings is 1. The van der Waals surface area contributed by atoms with E-state index in [0.717, 1.165) is 42.9 Å². The maximum atomic E-state index is 13.4. The zero-order valence-electron chi connectivity index (χ0n) is 18.3. The van der Waals surface area contributed by atoms with E-state index in [2.05, 4.69) is 4.90 Å². The normalized spacial score (nSPS) is 18.5. The first-order valence-corrected chi connectivity index (χ1v) is 11.8. The first-order chi connectivity index (χ1) is 15.3. The van der Waals surface area contributed by atoms with Crippen LogP contribution < -0.4 is 10.5 Å². The molecule has 3 heterocycles. The SMILES string of the molecule is Cc1c(/C=C2\SC(=S)N(C(C)c3ccccc3)C2=O)c(N2CCCC2)n(C)c(=O)c1C#N. The van der Waals surface area contributed by atoms with E-state index >= 15 is 0 Å². The number of anilines is 1. The molecule has 32 heavy (non-hydrogen) atoms. The zero-order valence-corrected chi connectivity index (χ0v) is 19.9. The second kappa shape index (κ2) is 8.93. The van der Waals surface area contributed by atoms with E-state index in [1.807, 2.05) is 43.3 Å². The lowest BCUT2D eigenvalue weighted by Gasteiger charge is -2.25. The predicted molar refractivity (Wildman–Crippen MR) is 132 cm³/mol. The van der Waals surface area contributed by atoms with Crippen LogP contribution >= 0.6 is 24.0 Å². The summed E-state index contributed by atoms with van der Waals surface area (Å²) in [5.74, 6) is 0.598. The Kier molecular flexibility index (Phi) is 6.22. The summed E-state index contributed by atoms with van der Waals surface area (Å²) in [5, 5.41) is 9.60. The number of thiocarbonyl (C=S) groups is 1. The number of nitrogens with zero attached hydrogens (tertiary/aromatic N) is 4. The lowest BCUT2D eigenvalue weighted by atomic mass is 10.0. The van der Waals surface area contributed by atoms with Crippen molar-refractivity contribution in [2.24, 2.45) is 7.05 Å². The fourth-order valence-electron chi connectivity index (χ4n) is 4.35. The van der Waals surface area contributed by atoms with E-state index in [1.165, 1.54) is 16.3 Å². The topological polar surface area (TPSA) is 69.3 Å². The van der Waals surface area contributed by atoms with E-state index in [-0.39, 0.29) is 23.1 Å². The molecule has 0 radical (unpaired) electrons. The van der Waals surface area contributed by atoms with Gasteiger partial charge in [0.05, 0.1) is 10.9 Å². The van der Waals surface area contributed by atoms with Gasteiger partial charge in [0.2, 0.25) is 0 Å². The van der Waals surface area contributed by atoms with E-state index in [9.17, 15) is 14.9 Å². The largest absolute Gasteiger partial charge is 0.357 e. The van der Waals surface area contributed by atoms with Crippen molar-refractivity contribution in [1.82, 2.24) is 9.47 Å². The number of carbonyl (C=O) groups is 1. The Morgan fingerprint density at radius 3 is 2.47 bits per heavy atom. The van der Waals surface area contributed by atoms with Gasteiger partial charge in [0, 0.05) is 25.7 Å². The second-order valence-corrected chi connectivity index (χ2v) is 9.72. The number of carbonyl (C=O) groups excluding carboxylic acids is 1. The molecule has 0 spiro atoms. The number of rotatable bonds is 4. The highest BCUT2D eigenvalue weighted by Gasteiger charge is 2.36. The van der Waals surface area contributed by atoms with Gasteiger partial charge >= 0.3 is 0 Å². The summed E-state index contributed by atoms with van der Waals surface area (Å²) >= 11 is 6.83. The van der Waals surface area contributed by atoms with Crippen molar-refractivity contribution in [3.05, 3.63) is 67.8 Å². The van der Waals surface area contributed by atoms with E-state index < -0.39 is 0 Å². The van der Waals surface area contributed by atoms with Gasteiger partial charge in [-0.25, -0.2) is 0 Å². The summed E-state index contributed by atoms with van der Waals surface area (Å²) in [7, 11) is 1.69. The van der Waals surface area contributed by atoms with Gasteiger partial charge < -0.3 is 4.90 Å². The van der Waals surface area contributed by atoms with E-state index in [1.54, 1.807) is 24.9 Å². The van der Waals surface area contributed by atoms with Gasteiger partial charge in [-0.3, -0.25) is 19.1 Å². The Morgan fingerprint density at radius 1 is 1.19 bits per heavy atom. The summed E-state index contributed by atoms with van der Waals surface area (Å²) in [4.78, 5) is 30.5. The smallest absolute Gasteiger partial charge is 0.270 e. The monoisotopic (exact) mass is 464 g/mol. The summed E-state index contributed by atoms with van der Waals surface area (Å²) in [6.45, 7) is 5.42. The van der Waals surface area contributed by atoms with Crippen LogP contribution in [0.25, 0.3) is 6.08 Å². The molecule has 2 aromatic rings. The van der Waals surface area contributed by atoms with Gasteiger partial charge in [-0.1, -0.05) is 54.3 Å². The lowest BCUT2D eigenvalue weighted by Crippen LogP contribution is -2.32. The van der Waals surface area contributed by atoms with Crippen LogP contribution in [0.15, 0.2) is 40.0 Å². The molecule has 1 amide bonds. The molecule has 8 heteroatoms. The van der Waals surface area contributed by atoms with Crippen LogP contribution in [0.5, 0.6) is 0 Å². The molecule has 1 atom stereocenters. The average Bonchev–Trinajstić information content (AvgIpc) is 3.41. The van der Waals surface area contributed by atoms with Crippen LogP contribution in [0.3, 0.4) is 0 Å². The van der Waals surface area contributed by atoms with Gasteiger partial charge in [-0.05, 0) is 43.9 Å². The van der Waals surface area contributed by atoms with Crippen LogP contribution in [0.1, 0.15) is 48.1 Å². The predicted octanol–water partition coefficient (Wildman–Crippen LogP) is 4.13. The highest BCUT2D eigenvalue weighted by atomic mass is 32.2. The molecule has 0 saturated carbocycles. The molecular formula is C24H24N4O2S2. The van der Waals surface area contributed by atoms with Gasteiger partial charge in [0.15, 0.2) is 0 Å². The van der Waals surface area contributed by atoms with Crippen LogP contribution in [0, 0.1) is 18.3 Å². The number of nitriles is 1. The summed E-state index contributed by atoms with van der Waals surface area (Å²) < 4.78 is 2.04. The molecule has 2 aliphatic heterocycles. The Balaban J connectivity index is 1.81. The molecule has 2 saturated heterocycles. The minimum atomic E-state index is -0.311. The van der Waals surface area contributed by atoms with Gasteiger partial charge in [0.1, 0.15) is 21.8 Å². The van der Waals surface area contributed by atoms with Crippen molar-refractivity contribution in [2.45, 2.75) is 32.7 Å². The molecule has 2 fully saturated rings. The number of aromatic nitrogens is 1. The first-order valence-electron chi connectivity index (χ1n) is 10.6. The molecule has 1 aromatic carbocycles. The number of thioether (sulfide) groups is 1. The minimum Gasteiger partial charge on any atom is -0.357 e. The molecular weight excluding hydrogens is 440 g/mol.